The van der Waals surface area contributed by atoms with Crippen LogP contribution in [0.2, 0.25) is 0 Å². The van der Waals surface area contributed by atoms with Crippen LogP contribution in [0.4, 0.5) is 0 Å². The Bertz CT molecular complexity index is 855. The number of nitrogens with one attached hydrogen (secondary N) is 1. The highest BCUT2D eigenvalue weighted by Gasteiger charge is 2.50. The molecule has 45 heavy (non-hydrogen) atoms. The Hall–Kier alpha value is -1.14. The summed E-state index contributed by atoms with van der Waals surface area (Å²) >= 11 is 7.71. The Morgan fingerprint density at radius 2 is 1.56 bits per heavy atom. The lowest BCUT2D eigenvalue weighted by Gasteiger charge is -2.45. The van der Waals surface area contributed by atoms with Gasteiger partial charge in [0, 0.05) is 13.0 Å². The monoisotopic (exact) mass is 677 g/mol. The molecule has 0 aromatic rings. The van der Waals surface area contributed by atoms with Gasteiger partial charge in [0.2, 0.25) is 5.91 Å². The summed E-state index contributed by atoms with van der Waals surface area (Å²) in [7, 11) is 0. The van der Waals surface area contributed by atoms with Crippen molar-refractivity contribution in [3.05, 3.63) is 4.91 Å². The average Bonchev–Trinajstić information content (AvgIpc) is 3.44. The molecule has 0 unspecified atom stereocenters. The molecule has 0 bridgehead atoms. The van der Waals surface area contributed by atoms with E-state index in [0.29, 0.717) is 19.4 Å². The maximum Gasteiger partial charge on any atom is 0.306 e. The zero-order valence-corrected chi connectivity index (χ0v) is 29.6. The SMILES string of the molecule is CCCCCCCCCCCCCCCC(=O)O[C@@H]1[C@@H](O)[C@@H](O)[C@@H]([C@H](NC(=O)[C@@H]2C[C@@H](CCC)CN2N=O)[C@H](C)Cl)O[C@@H]1SC. The van der Waals surface area contributed by atoms with Crippen LogP contribution in [0.1, 0.15) is 130 Å². The highest BCUT2D eigenvalue weighted by atomic mass is 35.5. The molecule has 2 rings (SSSR count). The average molecular weight is 678 g/mol. The maximum absolute atomic E-state index is 13.3. The number of hydrogen-bond acceptors (Lipinski definition) is 9. The van der Waals surface area contributed by atoms with Crippen molar-refractivity contribution in [3.8, 4) is 0 Å². The number of unbranched alkanes of at least 4 members (excludes halogenated alkanes) is 12. The summed E-state index contributed by atoms with van der Waals surface area (Å²) in [6.07, 6.45) is 15.0. The number of aliphatic hydroxyl groups excluding tert-OH is 2. The van der Waals surface area contributed by atoms with E-state index in [1.165, 1.54) is 81.0 Å². The van der Waals surface area contributed by atoms with Gasteiger partial charge in [0.1, 0.15) is 29.8 Å². The molecule has 10 nitrogen and oxygen atoms in total. The van der Waals surface area contributed by atoms with Gasteiger partial charge in [-0.15, -0.1) is 28.3 Å². The minimum Gasteiger partial charge on any atom is -0.456 e. The summed E-state index contributed by atoms with van der Waals surface area (Å²) in [5.41, 5.74) is -0.771. The Morgan fingerprint density at radius 1 is 0.978 bits per heavy atom. The number of halogens is 1. The van der Waals surface area contributed by atoms with Gasteiger partial charge in [-0.25, -0.2) is 5.01 Å². The van der Waals surface area contributed by atoms with Crippen LogP contribution in [-0.2, 0) is 19.1 Å². The molecule has 0 saturated carbocycles. The number of thioether (sulfide) groups is 1. The number of carbonyl (C=O) groups excluding carboxylic acids is 2. The molecule has 1 amide bonds. The smallest absolute Gasteiger partial charge is 0.306 e. The number of amides is 1. The molecule has 0 aromatic heterocycles. The molecule has 0 aromatic carbocycles. The topological polar surface area (TPSA) is 138 Å². The second-order valence-electron chi connectivity index (χ2n) is 13.0. The first-order valence-corrected chi connectivity index (χ1v) is 19.2. The van der Waals surface area contributed by atoms with Gasteiger partial charge in [0.15, 0.2) is 6.10 Å². The molecule has 0 aliphatic carbocycles. The van der Waals surface area contributed by atoms with Gasteiger partial charge in [-0.2, -0.15) is 0 Å². The lowest BCUT2D eigenvalue weighted by Crippen LogP contribution is -2.65. The number of nitroso groups, excluding NO2 is 1. The van der Waals surface area contributed by atoms with Crippen molar-refractivity contribution in [3.63, 3.8) is 0 Å². The Kier molecular flexibility index (Phi) is 20.0. The Labute approximate surface area is 280 Å². The number of hydrogen-bond donors (Lipinski definition) is 3. The predicted octanol–water partition coefficient (Wildman–Crippen LogP) is 6.47. The first-order chi connectivity index (χ1) is 21.7. The third kappa shape index (κ3) is 13.5. The molecule has 12 heteroatoms. The van der Waals surface area contributed by atoms with E-state index in [1.54, 1.807) is 13.2 Å². The van der Waals surface area contributed by atoms with E-state index in [1.807, 2.05) is 0 Å². The predicted molar refractivity (Wildman–Crippen MR) is 181 cm³/mol. The summed E-state index contributed by atoms with van der Waals surface area (Å²) < 4.78 is 11.8. The number of alkyl halides is 1. The van der Waals surface area contributed by atoms with Crippen LogP contribution in [0.25, 0.3) is 0 Å². The second-order valence-corrected chi connectivity index (χ2v) is 14.6. The molecule has 2 aliphatic heterocycles. The second kappa shape index (κ2) is 22.4. The van der Waals surface area contributed by atoms with E-state index < -0.39 is 59.2 Å². The summed E-state index contributed by atoms with van der Waals surface area (Å²) in [6.45, 7) is 6.37. The third-order valence-electron chi connectivity index (χ3n) is 9.19. The van der Waals surface area contributed by atoms with Crippen LogP contribution in [0, 0.1) is 10.8 Å². The summed E-state index contributed by atoms with van der Waals surface area (Å²) in [5, 5.41) is 28.6. The largest absolute Gasteiger partial charge is 0.456 e. The number of ether oxygens (including phenoxy) is 2. The first-order valence-electron chi connectivity index (χ1n) is 17.5. The summed E-state index contributed by atoms with van der Waals surface area (Å²) in [6, 6.07) is -1.61. The number of rotatable bonds is 23. The van der Waals surface area contributed by atoms with Gasteiger partial charge in [-0.1, -0.05) is 97.3 Å². The van der Waals surface area contributed by atoms with Crippen LogP contribution in [-0.4, -0.2) is 87.2 Å². The van der Waals surface area contributed by atoms with Crippen LogP contribution in [0.3, 0.4) is 0 Å². The first kappa shape index (κ1) is 40.0. The zero-order valence-electron chi connectivity index (χ0n) is 28.0. The van der Waals surface area contributed by atoms with Crippen LogP contribution in [0.5, 0.6) is 0 Å². The van der Waals surface area contributed by atoms with Crippen molar-refractivity contribution in [2.75, 3.05) is 12.8 Å². The number of nitrogens with zero attached hydrogens (tertiary/aromatic N) is 2. The molecule has 0 spiro atoms. The molecule has 9 atom stereocenters. The van der Waals surface area contributed by atoms with Gasteiger partial charge in [-0.3, -0.25) is 9.59 Å². The van der Waals surface area contributed by atoms with Crippen LogP contribution >= 0.6 is 23.4 Å². The minimum atomic E-state index is -1.47. The van der Waals surface area contributed by atoms with E-state index in [2.05, 4.69) is 24.5 Å². The molecular formula is C33H60ClN3O7S. The standard InChI is InChI=1S/C33H60ClN3O7S/c1-5-7-8-9-10-11-12-13-14-15-16-17-18-20-26(38)43-31-29(40)28(39)30(44-33(31)45-4)27(23(3)34)35-32(41)25-21-24(19-6-2)22-37(25)36-42/h23-25,27-31,33,39-40H,5-22H2,1-4H3,(H,35,41)/t23-,24+,25-,27+,28+,29-,30+,31+,33+/m0/s1. The number of carbonyl (C=O) groups is 2. The molecular weight excluding hydrogens is 618 g/mol. The lowest BCUT2D eigenvalue weighted by molar-refractivity contribution is -0.218. The fraction of sp³-hybridized carbons (Fsp3) is 0.939. The molecule has 3 N–H and O–H groups in total. The summed E-state index contributed by atoms with van der Waals surface area (Å²) in [4.78, 5) is 37.3. The van der Waals surface area contributed by atoms with E-state index in [-0.39, 0.29) is 12.3 Å². The van der Waals surface area contributed by atoms with Gasteiger partial charge in [0.25, 0.3) is 0 Å². The van der Waals surface area contributed by atoms with Gasteiger partial charge >= 0.3 is 5.97 Å². The molecule has 2 aliphatic rings. The molecule has 262 valence electrons. The van der Waals surface area contributed by atoms with Crippen molar-refractivity contribution in [1.82, 2.24) is 10.3 Å². The molecule has 2 saturated heterocycles. The Morgan fingerprint density at radius 3 is 2.07 bits per heavy atom. The lowest BCUT2D eigenvalue weighted by atomic mass is 9.92. The van der Waals surface area contributed by atoms with Gasteiger partial charge in [0.05, 0.1) is 16.7 Å². The minimum absolute atomic E-state index is 0.185. The molecule has 0 radical (unpaired) electrons. The highest BCUT2D eigenvalue weighted by molar-refractivity contribution is 7.99. The fourth-order valence-electron chi connectivity index (χ4n) is 6.54. The van der Waals surface area contributed by atoms with Gasteiger partial charge < -0.3 is 25.0 Å². The zero-order chi connectivity index (χ0) is 33.2. The maximum atomic E-state index is 13.3. The van der Waals surface area contributed by atoms with Crippen molar-refractivity contribution >= 4 is 35.2 Å². The Balaban J connectivity index is 1.79. The number of aliphatic hydroxyl groups is 2. The highest BCUT2D eigenvalue weighted by Crippen LogP contribution is 2.33. The van der Waals surface area contributed by atoms with E-state index in [9.17, 15) is 24.7 Å². The number of esters is 1. The van der Waals surface area contributed by atoms with Crippen molar-refractivity contribution in [1.29, 1.82) is 0 Å². The van der Waals surface area contributed by atoms with Crippen LogP contribution in [0.15, 0.2) is 5.29 Å². The molecule has 2 heterocycles. The molecule has 2 fully saturated rings. The third-order valence-corrected chi connectivity index (χ3v) is 10.3. The van der Waals surface area contributed by atoms with E-state index in [4.69, 9.17) is 21.1 Å². The van der Waals surface area contributed by atoms with E-state index in [0.717, 1.165) is 25.7 Å². The normalized spacial score (nSPS) is 28.1. The van der Waals surface area contributed by atoms with Crippen LogP contribution < -0.4 is 5.32 Å². The quantitative estimate of drug-likeness (QED) is 0.0481. The van der Waals surface area contributed by atoms with E-state index >= 15 is 0 Å². The van der Waals surface area contributed by atoms with Crippen molar-refractivity contribution < 1.29 is 29.3 Å². The van der Waals surface area contributed by atoms with Gasteiger partial charge in [-0.05, 0) is 38.4 Å². The van der Waals surface area contributed by atoms with Crippen molar-refractivity contribution in [2.45, 2.75) is 177 Å². The van der Waals surface area contributed by atoms with Crippen molar-refractivity contribution in [2.24, 2.45) is 11.2 Å². The summed E-state index contributed by atoms with van der Waals surface area (Å²) in [5.74, 6) is -0.678. The fourth-order valence-corrected chi connectivity index (χ4v) is 7.48.